The summed E-state index contributed by atoms with van der Waals surface area (Å²) in [5, 5.41) is 7.16. The quantitative estimate of drug-likeness (QED) is 0.776. The average molecular weight is 213 g/mol. The second-order valence-electron chi connectivity index (χ2n) is 3.84. The van der Waals surface area contributed by atoms with Crippen molar-refractivity contribution in [1.29, 1.82) is 0 Å². The van der Waals surface area contributed by atoms with E-state index < -0.39 is 0 Å². The van der Waals surface area contributed by atoms with Gasteiger partial charge in [-0.05, 0) is 19.9 Å². The van der Waals surface area contributed by atoms with Crippen LogP contribution in [0, 0.1) is 0 Å². The molecule has 2 heterocycles. The summed E-state index contributed by atoms with van der Waals surface area (Å²) in [6.07, 6.45) is 4.28. The number of halogens is 1. The van der Waals surface area contributed by atoms with Gasteiger partial charge in [-0.1, -0.05) is 11.6 Å². The molecule has 0 aliphatic carbocycles. The van der Waals surface area contributed by atoms with Crippen molar-refractivity contribution in [1.82, 2.24) is 15.3 Å². The minimum Gasteiger partial charge on any atom is -0.348 e. The molecule has 0 bridgehead atoms. The Morgan fingerprint density at radius 2 is 2.21 bits per heavy atom. The van der Waals surface area contributed by atoms with Crippen LogP contribution in [0.15, 0.2) is 12.4 Å². The van der Waals surface area contributed by atoms with Crippen molar-refractivity contribution < 1.29 is 0 Å². The molecule has 1 aliphatic heterocycles. The molecule has 0 radical (unpaired) electrons. The molecule has 0 saturated carbocycles. The summed E-state index contributed by atoms with van der Waals surface area (Å²) >= 11 is 5.70. The van der Waals surface area contributed by atoms with Gasteiger partial charge in [-0.3, -0.25) is 0 Å². The summed E-state index contributed by atoms with van der Waals surface area (Å²) in [6.45, 7) is 4.14. The fourth-order valence-corrected chi connectivity index (χ4v) is 1.67. The van der Waals surface area contributed by atoms with Crippen LogP contribution in [0.1, 0.15) is 13.3 Å². The Balaban J connectivity index is 2.06. The van der Waals surface area contributed by atoms with Gasteiger partial charge >= 0.3 is 0 Å². The molecule has 5 heteroatoms. The van der Waals surface area contributed by atoms with Crippen molar-refractivity contribution in [3.63, 3.8) is 0 Å². The third-order valence-corrected chi connectivity index (χ3v) is 2.60. The van der Waals surface area contributed by atoms with Crippen molar-refractivity contribution in [3.05, 3.63) is 17.4 Å². The third kappa shape index (κ3) is 2.13. The van der Waals surface area contributed by atoms with Gasteiger partial charge in [-0.2, -0.15) is 0 Å². The van der Waals surface area contributed by atoms with Gasteiger partial charge in [0.2, 0.25) is 5.95 Å². The van der Waals surface area contributed by atoms with Gasteiger partial charge in [0.25, 0.3) is 0 Å². The van der Waals surface area contributed by atoms with E-state index in [9.17, 15) is 0 Å². The normalized spacial score (nSPS) is 26.4. The molecule has 1 aromatic heterocycles. The van der Waals surface area contributed by atoms with Gasteiger partial charge in [-0.15, -0.1) is 0 Å². The zero-order valence-electron chi connectivity index (χ0n) is 8.05. The minimum absolute atomic E-state index is 0.0633. The van der Waals surface area contributed by atoms with Gasteiger partial charge in [0.05, 0.1) is 23.0 Å². The van der Waals surface area contributed by atoms with Crippen molar-refractivity contribution in [2.24, 2.45) is 0 Å². The number of rotatable bonds is 2. The molecule has 1 fully saturated rings. The summed E-state index contributed by atoms with van der Waals surface area (Å²) in [7, 11) is 0. The molecule has 14 heavy (non-hydrogen) atoms. The lowest BCUT2D eigenvalue weighted by atomic mass is 10.0. The molecule has 76 valence electrons. The second kappa shape index (κ2) is 3.71. The number of aromatic nitrogens is 2. The molecule has 2 rings (SSSR count). The van der Waals surface area contributed by atoms with E-state index in [1.54, 1.807) is 12.4 Å². The molecule has 0 spiro atoms. The maximum absolute atomic E-state index is 5.70. The first-order valence-electron chi connectivity index (χ1n) is 4.64. The van der Waals surface area contributed by atoms with E-state index >= 15 is 0 Å². The summed E-state index contributed by atoms with van der Waals surface area (Å²) in [6, 6.07) is 0. The van der Waals surface area contributed by atoms with Crippen LogP contribution < -0.4 is 10.6 Å². The first kappa shape index (κ1) is 9.68. The van der Waals surface area contributed by atoms with Gasteiger partial charge in [0, 0.05) is 6.54 Å². The average Bonchev–Trinajstić information content (AvgIpc) is 2.57. The lowest BCUT2D eigenvalue weighted by Crippen LogP contribution is -2.37. The summed E-state index contributed by atoms with van der Waals surface area (Å²) in [4.78, 5) is 8.21. The Hall–Kier alpha value is -0.870. The molecule has 1 saturated heterocycles. The summed E-state index contributed by atoms with van der Waals surface area (Å²) < 4.78 is 0. The largest absolute Gasteiger partial charge is 0.348 e. The van der Waals surface area contributed by atoms with E-state index in [1.165, 1.54) is 0 Å². The van der Waals surface area contributed by atoms with Gasteiger partial charge < -0.3 is 10.6 Å². The van der Waals surface area contributed by atoms with Gasteiger partial charge in [0.15, 0.2) is 0 Å². The van der Waals surface area contributed by atoms with Crippen LogP contribution >= 0.6 is 11.6 Å². The molecule has 0 unspecified atom stereocenters. The summed E-state index contributed by atoms with van der Waals surface area (Å²) in [5.74, 6) is 0.639. The molecule has 1 aromatic rings. The van der Waals surface area contributed by atoms with E-state index in [1.807, 2.05) is 0 Å². The highest BCUT2D eigenvalue weighted by molar-refractivity contribution is 6.30. The van der Waals surface area contributed by atoms with Crippen molar-refractivity contribution in [3.8, 4) is 0 Å². The van der Waals surface area contributed by atoms with E-state index in [2.05, 4.69) is 27.5 Å². The zero-order chi connectivity index (χ0) is 10.0. The lowest BCUT2D eigenvalue weighted by molar-refractivity contribution is 0.561. The van der Waals surface area contributed by atoms with E-state index in [0.717, 1.165) is 19.5 Å². The minimum atomic E-state index is 0.0633. The molecular formula is C9H13ClN4. The molecule has 1 atom stereocenters. The maximum Gasteiger partial charge on any atom is 0.223 e. The second-order valence-corrected chi connectivity index (χ2v) is 4.27. The number of anilines is 1. The number of hydrogen-bond donors (Lipinski definition) is 2. The molecule has 4 nitrogen and oxygen atoms in total. The van der Waals surface area contributed by atoms with Crippen LogP contribution in [-0.2, 0) is 0 Å². The standard InChI is InChI=1S/C9H13ClN4/c1-9(2-3-11-6-9)14-8-12-4-7(10)5-13-8/h4-5,11H,2-3,6H2,1H3,(H,12,13,14)/t9-/m1/s1. The van der Waals surface area contributed by atoms with Crippen LogP contribution in [-0.4, -0.2) is 28.6 Å². The monoisotopic (exact) mass is 212 g/mol. The lowest BCUT2D eigenvalue weighted by Gasteiger charge is -2.24. The first-order valence-corrected chi connectivity index (χ1v) is 5.02. The fraction of sp³-hybridized carbons (Fsp3) is 0.556. The Kier molecular flexibility index (Phi) is 2.56. The predicted molar refractivity (Wildman–Crippen MR) is 56.6 cm³/mol. The molecule has 0 aromatic carbocycles. The highest BCUT2D eigenvalue weighted by Gasteiger charge is 2.28. The Bertz CT molecular complexity index is 305. The number of nitrogens with one attached hydrogen (secondary N) is 2. The van der Waals surface area contributed by atoms with E-state index in [4.69, 9.17) is 11.6 Å². The van der Waals surface area contributed by atoms with Crippen LogP contribution in [0.25, 0.3) is 0 Å². The highest BCUT2D eigenvalue weighted by atomic mass is 35.5. The van der Waals surface area contributed by atoms with Crippen LogP contribution in [0.5, 0.6) is 0 Å². The number of nitrogens with zero attached hydrogens (tertiary/aromatic N) is 2. The van der Waals surface area contributed by atoms with Crippen molar-refractivity contribution in [2.75, 3.05) is 18.4 Å². The van der Waals surface area contributed by atoms with Crippen molar-refractivity contribution >= 4 is 17.5 Å². The SMILES string of the molecule is C[C@@]1(Nc2ncc(Cl)cn2)CCNC1. The molecule has 0 amide bonds. The Morgan fingerprint density at radius 1 is 1.50 bits per heavy atom. The first-order chi connectivity index (χ1) is 6.68. The molecular weight excluding hydrogens is 200 g/mol. The van der Waals surface area contributed by atoms with Crippen LogP contribution in [0.3, 0.4) is 0 Å². The van der Waals surface area contributed by atoms with Crippen molar-refractivity contribution in [2.45, 2.75) is 18.9 Å². The Labute approximate surface area is 88.1 Å². The number of hydrogen-bond acceptors (Lipinski definition) is 4. The molecule has 2 N–H and O–H groups in total. The van der Waals surface area contributed by atoms with E-state index in [0.29, 0.717) is 11.0 Å². The van der Waals surface area contributed by atoms with Crippen LogP contribution in [0.4, 0.5) is 5.95 Å². The van der Waals surface area contributed by atoms with E-state index in [-0.39, 0.29) is 5.54 Å². The smallest absolute Gasteiger partial charge is 0.223 e. The topological polar surface area (TPSA) is 49.8 Å². The molecule has 1 aliphatic rings. The van der Waals surface area contributed by atoms with Gasteiger partial charge in [-0.25, -0.2) is 9.97 Å². The summed E-state index contributed by atoms with van der Waals surface area (Å²) in [5.41, 5.74) is 0.0633. The third-order valence-electron chi connectivity index (χ3n) is 2.40. The Morgan fingerprint density at radius 3 is 2.79 bits per heavy atom. The highest BCUT2D eigenvalue weighted by Crippen LogP contribution is 2.18. The van der Waals surface area contributed by atoms with Crippen LogP contribution in [0.2, 0.25) is 5.02 Å². The predicted octanol–water partition coefficient (Wildman–Crippen LogP) is 1.29. The maximum atomic E-state index is 5.70. The zero-order valence-corrected chi connectivity index (χ0v) is 8.80. The van der Waals surface area contributed by atoms with Gasteiger partial charge in [0.1, 0.15) is 0 Å². The fourth-order valence-electron chi connectivity index (χ4n) is 1.57.